The highest BCUT2D eigenvalue weighted by Gasteiger charge is 2.36. The first-order valence-electron chi connectivity index (χ1n) is 8.21. The molecule has 0 unspecified atom stereocenters. The summed E-state index contributed by atoms with van der Waals surface area (Å²) in [5.74, 6) is 0.422. The SMILES string of the molecule is COc1ncc(C(=O)NC[C@H]2CC[C@@H](Oc3ccccc3)[C@@H]2O)cn1. The van der Waals surface area contributed by atoms with Crippen molar-refractivity contribution in [3.8, 4) is 11.8 Å². The molecule has 0 aliphatic heterocycles. The van der Waals surface area contributed by atoms with Gasteiger partial charge in [0.1, 0.15) is 11.9 Å². The summed E-state index contributed by atoms with van der Waals surface area (Å²) < 4.78 is 10.7. The normalized spacial score (nSPS) is 22.4. The molecule has 3 rings (SSSR count). The van der Waals surface area contributed by atoms with Gasteiger partial charge in [0.25, 0.3) is 5.91 Å². The quantitative estimate of drug-likeness (QED) is 0.824. The monoisotopic (exact) mass is 343 g/mol. The van der Waals surface area contributed by atoms with Crippen LogP contribution in [0.4, 0.5) is 0 Å². The van der Waals surface area contributed by atoms with Crippen LogP contribution in [0.3, 0.4) is 0 Å². The fourth-order valence-electron chi connectivity index (χ4n) is 2.91. The molecular weight excluding hydrogens is 322 g/mol. The molecule has 0 spiro atoms. The minimum atomic E-state index is -0.618. The summed E-state index contributed by atoms with van der Waals surface area (Å²) >= 11 is 0. The number of rotatable bonds is 6. The average molecular weight is 343 g/mol. The van der Waals surface area contributed by atoms with E-state index in [1.54, 1.807) is 0 Å². The lowest BCUT2D eigenvalue weighted by atomic mass is 10.1. The highest BCUT2D eigenvalue weighted by atomic mass is 16.5. The van der Waals surface area contributed by atoms with Gasteiger partial charge in [-0.3, -0.25) is 4.79 Å². The molecular formula is C18H21N3O4. The van der Waals surface area contributed by atoms with Crippen molar-refractivity contribution in [3.63, 3.8) is 0 Å². The number of para-hydroxylation sites is 1. The van der Waals surface area contributed by atoms with E-state index < -0.39 is 6.10 Å². The van der Waals surface area contributed by atoms with Crippen molar-refractivity contribution in [3.05, 3.63) is 48.3 Å². The molecule has 0 radical (unpaired) electrons. The van der Waals surface area contributed by atoms with Crippen molar-refractivity contribution in [2.75, 3.05) is 13.7 Å². The molecule has 1 aliphatic rings. The van der Waals surface area contributed by atoms with Gasteiger partial charge in [0, 0.05) is 24.9 Å². The van der Waals surface area contributed by atoms with Crippen LogP contribution < -0.4 is 14.8 Å². The third-order valence-electron chi connectivity index (χ3n) is 4.31. The van der Waals surface area contributed by atoms with Crippen LogP contribution >= 0.6 is 0 Å². The Morgan fingerprint density at radius 2 is 1.96 bits per heavy atom. The Morgan fingerprint density at radius 1 is 1.24 bits per heavy atom. The van der Waals surface area contributed by atoms with Crippen LogP contribution in [0.1, 0.15) is 23.2 Å². The van der Waals surface area contributed by atoms with E-state index in [1.807, 2.05) is 30.3 Å². The lowest BCUT2D eigenvalue weighted by Gasteiger charge is -2.21. The maximum atomic E-state index is 12.1. The summed E-state index contributed by atoms with van der Waals surface area (Å²) in [4.78, 5) is 20.0. The van der Waals surface area contributed by atoms with Crippen LogP contribution in [0.25, 0.3) is 0 Å². The standard InChI is InChI=1S/C18H21N3O4/c1-24-18-20-10-13(11-21-18)17(23)19-9-12-7-8-15(16(12)22)25-14-5-3-2-4-6-14/h2-6,10-12,15-16,22H,7-9H2,1H3,(H,19,23)/t12-,15-,16-/m1/s1. The number of aromatic nitrogens is 2. The van der Waals surface area contributed by atoms with Gasteiger partial charge in [-0.25, -0.2) is 9.97 Å². The van der Waals surface area contributed by atoms with Gasteiger partial charge in [-0.05, 0) is 25.0 Å². The van der Waals surface area contributed by atoms with E-state index in [0.717, 1.165) is 18.6 Å². The fraction of sp³-hybridized carbons (Fsp3) is 0.389. The molecule has 1 aromatic carbocycles. The van der Waals surface area contributed by atoms with E-state index in [-0.39, 0.29) is 23.9 Å². The van der Waals surface area contributed by atoms with Crippen LogP contribution in [-0.4, -0.2) is 46.8 Å². The molecule has 2 N–H and O–H groups in total. The van der Waals surface area contributed by atoms with Gasteiger partial charge in [0.15, 0.2) is 0 Å². The number of carbonyl (C=O) groups is 1. The second-order valence-electron chi connectivity index (χ2n) is 5.97. The first-order chi connectivity index (χ1) is 12.2. The third kappa shape index (κ3) is 4.24. The van der Waals surface area contributed by atoms with Gasteiger partial charge in [0.2, 0.25) is 0 Å². The summed E-state index contributed by atoms with van der Waals surface area (Å²) in [6, 6.07) is 9.65. The average Bonchev–Trinajstić information content (AvgIpc) is 3.00. The summed E-state index contributed by atoms with van der Waals surface area (Å²) in [6.07, 6.45) is 3.49. The van der Waals surface area contributed by atoms with Crippen molar-refractivity contribution in [1.29, 1.82) is 0 Å². The van der Waals surface area contributed by atoms with Gasteiger partial charge >= 0.3 is 6.01 Å². The minimum absolute atomic E-state index is 0.0446. The zero-order valence-electron chi connectivity index (χ0n) is 14.0. The summed E-state index contributed by atoms with van der Waals surface area (Å²) in [5.41, 5.74) is 0.352. The van der Waals surface area contributed by atoms with Crippen molar-refractivity contribution in [2.45, 2.75) is 25.0 Å². The first-order valence-corrected chi connectivity index (χ1v) is 8.21. The number of aliphatic hydroxyl groups excluding tert-OH is 1. The number of nitrogens with one attached hydrogen (secondary N) is 1. The van der Waals surface area contributed by atoms with Crippen LogP contribution in [0.5, 0.6) is 11.8 Å². The number of methoxy groups -OCH3 is 1. The Bertz CT molecular complexity index is 693. The predicted octanol–water partition coefficient (Wildman–Crippen LogP) is 1.43. The van der Waals surface area contributed by atoms with Crippen molar-refractivity contribution >= 4 is 5.91 Å². The lowest BCUT2D eigenvalue weighted by molar-refractivity contribution is 0.0348. The van der Waals surface area contributed by atoms with Crippen molar-refractivity contribution in [2.24, 2.45) is 5.92 Å². The van der Waals surface area contributed by atoms with Crippen LogP contribution in [0.2, 0.25) is 0 Å². The number of hydrogen-bond donors (Lipinski definition) is 2. The van der Waals surface area contributed by atoms with Gasteiger partial charge in [-0.15, -0.1) is 0 Å². The van der Waals surface area contributed by atoms with E-state index in [1.165, 1.54) is 19.5 Å². The highest BCUT2D eigenvalue weighted by Crippen LogP contribution is 2.29. The smallest absolute Gasteiger partial charge is 0.316 e. The maximum absolute atomic E-state index is 12.1. The number of aliphatic hydroxyl groups is 1. The Hall–Kier alpha value is -2.67. The number of amides is 1. The molecule has 1 aliphatic carbocycles. The van der Waals surface area contributed by atoms with E-state index in [0.29, 0.717) is 12.1 Å². The second-order valence-corrected chi connectivity index (χ2v) is 5.97. The molecule has 25 heavy (non-hydrogen) atoms. The number of nitrogens with zero attached hydrogens (tertiary/aromatic N) is 2. The number of benzene rings is 1. The molecule has 1 saturated carbocycles. The van der Waals surface area contributed by atoms with E-state index >= 15 is 0 Å². The Labute approximate surface area is 146 Å². The molecule has 132 valence electrons. The van der Waals surface area contributed by atoms with E-state index in [4.69, 9.17) is 9.47 Å². The molecule has 2 aromatic rings. The molecule has 1 amide bonds. The summed E-state index contributed by atoms with van der Waals surface area (Å²) in [6.45, 7) is 0.376. The largest absolute Gasteiger partial charge is 0.488 e. The van der Waals surface area contributed by atoms with Crippen LogP contribution in [0.15, 0.2) is 42.7 Å². The molecule has 0 bridgehead atoms. The molecule has 0 saturated heterocycles. The van der Waals surface area contributed by atoms with Crippen LogP contribution in [0, 0.1) is 5.92 Å². The Kier molecular flexibility index (Phi) is 5.45. The summed E-state index contributed by atoms with van der Waals surface area (Å²) in [5, 5.41) is 13.3. The number of hydrogen-bond acceptors (Lipinski definition) is 6. The van der Waals surface area contributed by atoms with Gasteiger partial charge in [-0.2, -0.15) is 0 Å². The fourth-order valence-corrected chi connectivity index (χ4v) is 2.91. The topological polar surface area (TPSA) is 93.6 Å². The highest BCUT2D eigenvalue weighted by molar-refractivity contribution is 5.93. The minimum Gasteiger partial charge on any atom is -0.488 e. The van der Waals surface area contributed by atoms with Gasteiger partial charge in [-0.1, -0.05) is 18.2 Å². The first kappa shape index (κ1) is 17.2. The molecule has 1 aromatic heterocycles. The molecule has 3 atom stereocenters. The molecule has 1 fully saturated rings. The number of ether oxygens (including phenoxy) is 2. The zero-order valence-corrected chi connectivity index (χ0v) is 14.0. The van der Waals surface area contributed by atoms with E-state index in [2.05, 4.69) is 15.3 Å². The Balaban J connectivity index is 1.50. The predicted molar refractivity (Wildman–Crippen MR) is 90.5 cm³/mol. The van der Waals surface area contributed by atoms with Crippen LogP contribution in [-0.2, 0) is 0 Å². The zero-order chi connectivity index (χ0) is 17.6. The lowest BCUT2D eigenvalue weighted by Crippen LogP contribution is -2.37. The summed E-state index contributed by atoms with van der Waals surface area (Å²) in [7, 11) is 1.46. The van der Waals surface area contributed by atoms with E-state index in [9.17, 15) is 9.90 Å². The van der Waals surface area contributed by atoms with Gasteiger partial charge < -0.3 is 19.9 Å². The maximum Gasteiger partial charge on any atom is 0.316 e. The number of carbonyl (C=O) groups excluding carboxylic acids is 1. The molecule has 1 heterocycles. The molecule has 7 heteroatoms. The Morgan fingerprint density at radius 3 is 2.64 bits per heavy atom. The van der Waals surface area contributed by atoms with Gasteiger partial charge in [0.05, 0.1) is 18.8 Å². The second kappa shape index (κ2) is 7.94. The van der Waals surface area contributed by atoms with Crippen molar-refractivity contribution in [1.82, 2.24) is 15.3 Å². The third-order valence-corrected chi connectivity index (χ3v) is 4.31. The molecule has 7 nitrogen and oxygen atoms in total. The van der Waals surface area contributed by atoms with Crippen molar-refractivity contribution < 1.29 is 19.4 Å².